The van der Waals surface area contributed by atoms with E-state index in [0.29, 0.717) is 12.0 Å². The van der Waals surface area contributed by atoms with Crippen LogP contribution in [0.25, 0.3) is 0 Å². The van der Waals surface area contributed by atoms with Gasteiger partial charge in [0, 0.05) is 18.5 Å². The molecule has 2 heterocycles. The van der Waals surface area contributed by atoms with Crippen LogP contribution >= 0.6 is 11.8 Å². The third-order valence-corrected chi connectivity index (χ3v) is 3.70. The van der Waals surface area contributed by atoms with Crippen LogP contribution in [0.4, 0.5) is 0 Å². The van der Waals surface area contributed by atoms with Gasteiger partial charge in [0.2, 0.25) is 0 Å². The molecule has 4 nitrogen and oxygen atoms in total. The van der Waals surface area contributed by atoms with E-state index in [1.165, 1.54) is 12.8 Å². The van der Waals surface area contributed by atoms with Crippen LogP contribution in [-0.2, 0) is 0 Å². The molecule has 0 spiro atoms. The van der Waals surface area contributed by atoms with Gasteiger partial charge in [0.1, 0.15) is 5.82 Å². The Morgan fingerprint density at radius 2 is 2.25 bits per heavy atom. The molecule has 2 rings (SSSR count). The first-order valence-electron chi connectivity index (χ1n) is 5.93. The highest BCUT2D eigenvalue weighted by molar-refractivity contribution is 7.98. The Bertz CT molecular complexity index is 342. The molecule has 5 heteroatoms. The minimum absolute atomic E-state index is 0.439. The van der Waals surface area contributed by atoms with Gasteiger partial charge in [-0.2, -0.15) is 0 Å². The molecule has 0 amide bonds. The van der Waals surface area contributed by atoms with E-state index in [1.807, 2.05) is 0 Å². The van der Waals surface area contributed by atoms with E-state index >= 15 is 0 Å². The van der Waals surface area contributed by atoms with Gasteiger partial charge in [-0.3, -0.25) is 0 Å². The van der Waals surface area contributed by atoms with E-state index in [2.05, 4.69) is 40.2 Å². The van der Waals surface area contributed by atoms with Gasteiger partial charge in [-0.05, 0) is 39.5 Å². The first kappa shape index (κ1) is 11.9. The predicted molar refractivity (Wildman–Crippen MR) is 67.0 cm³/mol. The Labute approximate surface area is 101 Å². The molecule has 90 valence electrons. The Balaban J connectivity index is 2.28. The van der Waals surface area contributed by atoms with Gasteiger partial charge < -0.3 is 9.88 Å². The summed E-state index contributed by atoms with van der Waals surface area (Å²) in [6.07, 6.45) is 4.53. The van der Waals surface area contributed by atoms with Gasteiger partial charge in [-0.15, -0.1) is 10.2 Å². The highest BCUT2D eigenvalue weighted by Crippen LogP contribution is 2.27. The molecule has 1 aliphatic rings. The largest absolute Gasteiger partial charge is 0.316 e. The fraction of sp³-hybridized carbons (Fsp3) is 0.818. The van der Waals surface area contributed by atoms with Crippen molar-refractivity contribution in [2.24, 2.45) is 0 Å². The second kappa shape index (κ2) is 5.19. The highest BCUT2D eigenvalue weighted by atomic mass is 32.2. The number of piperidine rings is 1. The number of rotatable bonds is 3. The first-order chi connectivity index (χ1) is 7.74. The molecule has 1 atom stereocenters. The van der Waals surface area contributed by atoms with Crippen LogP contribution in [0.3, 0.4) is 0 Å². The molecule has 0 saturated carbocycles. The monoisotopic (exact) mass is 240 g/mol. The standard InChI is InChI=1S/C11H20N4S/c1-8(2)15-10(13-14-11(15)16-3)9-5-4-6-12-7-9/h8-9,12H,4-7H2,1-3H3/t9-/m1/s1. The summed E-state index contributed by atoms with van der Waals surface area (Å²) in [5.74, 6) is 1.69. The van der Waals surface area contributed by atoms with Gasteiger partial charge in [0.05, 0.1) is 0 Å². The van der Waals surface area contributed by atoms with Crippen LogP contribution in [0.1, 0.15) is 44.5 Å². The van der Waals surface area contributed by atoms with Crippen LogP contribution in [-0.4, -0.2) is 34.1 Å². The Morgan fingerprint density at radius 3 is 2.81 bits per heavy atom. The van der Waals surface area contributed by atoms with Gasteiger partial charge >= 0.3 is 0 Å². The van der Waals surface area contributed by atoms with Crippen LogP contribution in [0.15, 0.2) is 5.16 Å². The maximum atomic E-state index is 4.38. The predicted octanol–water partition coefficient (Wildman–Crippen LogP) is 2.05. The van der Waals surface area contributed by atoms with Crippen molar-refractivity contribution in [3.05, 3.63) is 5.82 Å². The van der Waals surface area contributed by atoms with E-state index in [4.69, 9.17) is 0 Å². The second-order valence-corrected chi connectivity index (χ2v) is 5.33. The lowest BCUT2D eigenvalue weighted by molar-refractivity contribution is 0.414. The van der Waals surface area contributed by atoms with Gasteiger partial charge in [-0.1, -0.05) is 11.8 Å². The van der Waals surface area contributed by atoms with E-state index in [-0.39, 0.29) is 0 Å². The zero-order valence-corrected chi connectivity index (χ0v) is 11.0. The molecule has 1 aromatic rings. The topological polar surface area (TPSA) is 42.7 Å². The van der Waals surface area contributed by atoms with Gasteiger partial charge in [-0.25, -0.2) is 0 Å². The summed E-state index contributed by atoms with van der Waals surface area (Å²) in [7, 11) is 0. The van der Waals surface area contributed by atoms with Crippen molar-refractivity contribution in [2.75, 3.05) is 19.3 Å². The zero-order chi connectivity index (χ0) is 11.5. The number of thioether (sulfide) groups is 1. The fourth-order valence-corrected chi connectivity index (χ4v) is 2.89. The minimum Gasteiger partial charge on any atom is -0.316 e. The molecular weight excluding hydrogens is 220 g/mol. The van der Waals surface area contributed by atoms with Crippen molar-refractivity contribution >= 4 is 11.8 Å². The fourth-order valence-electron chi connectivity index (χ4n) is 2.26. The molecule has 1 saturated heterocycles. The van der Waals surface area contributed by atoms with Crippen molar-refractivity contribution in [1.82, 2.24) is 20.1 Å². The summed E-state index contributed by atoms with van der Waals surface area (Å²) in [4.78, 5) is 0. The van der Waals surface area contributed by atoms with Crippen LogP contribution in [0.2, 0.25) is 0 Å². The lowest BCUT2D eigenvalue weighted by Gasteiger charge is -2.24. The summed E-state index contributed by atoms with van der Waals surface area (Å²) >= 11 is 1.68. The van der Waals surface area contributed by atoms with E-state index in [0.717, 1.165) is 24.1 Å². The summed E-state index contributed by atoms with van der Waals surface area (Å²) in [6.45, 7) is 6.58. The van der Waals surface area contributed by atoms with Crippen LogP contribution in [0, 0.1) is 0 Å². The summed E-state index contributed by atoms with van der Waals surface area (Å²) in [5.41, 5.74) is 0. The maximum Gasteiger partial charge on any atom is 0.191 e. The third-order valence-electron chi connectivity index (χ3n) is 3.05. The molecule has 1 N–H and O–H groups in total. The minimum atomic E-state index is 0.439. The van der Waals surface area contributed by atoms with E-state index in [9.17, 15) is 0 Å². The highest BCUT2D eigenvalue weighted by Gasteiger charge is 2.23. The quantitative estimate of drug-likeness (QED) is 0.821. The maximum absolute atomic E-state index is 4.38. The average molecular weight is 240 g/mol. The van der Waals surface area contributed by atoms with E-state index < -0.39 is 0 Å². The molecule has 0 radical (unpaired) electrons. The van der Waals surface area contributed by atoms with Gasteiger partial charge in [0.25, 0.3) is 0 Å². The van der Waals surface area contributed by atoms with Crippen molar-refractivity contribution in [1.29, 1.82) is 0 Å². The Kier molecular flexibility index (Phi) is 3.86. The summed E-state index contributed by atoms with van der Waals surface area (Å²) < 4.78 is 2.28. The smallest absolute Gasteiger partial charge is 0.191 e. The molecule has 0 bridgehead atoms. The molecule has 0 aliphatic carbocycles. The third kappa shape index (κ3) is 2.25. The summed E-state index contributed by atoms with van der Waals surface area (Å²) in [5, 5.41) is 13.1. The normalized spacial score (nSPS) is 21.6. The Hall–Kier alpha value is -0.550. The van der Waals surface area contributed by atoms with Gasteiger partial charge in [0.15, 0.2) is 5.16 Å². The Morgan fingerprint density at radius 1 is 1.44 bits per heavy atom. The molecular formula is C11H20N4S. The number of hydrogen-bond donors (Lipinski definition) is 1. The molecule has 0 aromatic carbocycles. The number of nitrogens with one attached hydrogen (secondary N) is 1. The zero-order valence-electron chi connectivity index (χ0n) is 10.2. The number of hydrogen-bond acceptors (Lipinski definition) is 4. The average Bonchev–Trinajstić information content (AvgIpc) is 2.73. The van der Waals surface area contributed by atoms with Crippen molar-refractivity contribution < 1.29 is 0 Å². The summed E-state index contributed by atoms with van der Waals surface area (Å²) in [6, 6.07) is 0.439. The molecule has 0 unspecified atom stereocenters. The van der Waals surface area contributed by atoms with Crippen LogP contribution in [0.5, 0.6) is 0 Å². The van der Waals surface area contributed by atoms with Crippen molar-refractivity contribution in [3.63, 3.8) is 0 Å². The van der Waals surface area contributed by atoms with E-state index in [1.54, 1.807) is 11.8 Å². The lowest BCUT2D eigenvalue weighted by atomic mass is 9.98. The molecule has 16 heavy (non-hydrogen) atoms. The van der Waals surface area contributed by atoms with Crippen LogP contribution < -0.4 is 5.32 Å². The SMILES string of the molecule is CSc1nnc([C@@H]2CCCNC2)n1C(C)C. The first-order valence-corrected chi connectivity index (χ1v) is 7.16. The number of nitrogens with zero attached hydrogens (tertiary/aromatic N) is 3. The van der Waals surface area contributed by atoms with Crippen molar-refractivity contribution in [3.8, 4) is 0 Å². The van der Waals surface area contributed by atoms with Crippen molar-refractivity contribution in [2.45, 2.75) is 43.8 Å². The lowest BCUT2D eigenvalue weighted by Crippen LogP contribution is -2.30. The molecule has 1 aromatic heterocycles. The second-order valence-electron chi connectivity index (χ2n) is 4.55. The number of aromatic nitrogens is 3. The molecule has 1 aliphatic heterocycles. The molecule has 1 fully saturated rings.